The molecule has 4 aromatic rings. The molecule has 0 radical (unpaired) electrons. The molecule has 12 heteroatoms. The molecule has 0 aromatic heterocycles. The molecule has 5 rings (SSSR count). The van der Waals surface area contributed by atoms with E-state index in [0.717, 1.165) is 22.7 Å². The average Bonchev–Trinajstić information content (AvgIpc) is 2.90. The zero-order chi connectivity index (χ0) is 25.1. The standard InChI is InChI=1S/C24H20Cl4N4P4/c25-33(26)29(21-13-5-1-6-14-21)35-31(23-17-9-3-10-18-23)36(32(35)24-19-11-4-12-20-24)30(34(27)28)22-15-7-2-8-16-22/h1-20H. The van der Waals surface area contributed by atoms with Crippen LogP contribution < -0.4 is 17.8 Å². The molecule has 0 bridgehead atoms. The Morgan fingerprint density at radius 1 is 0.444 bits per heavy atom. The summed E-state index contributed by atoms with van der Waals surface area (Å²) >= 11 is 27.1. The Morgan fingerprint density at radius 3 is 1.00 bits per heavy atom. The molecule has 0 saturated carbocycles. The monoisotopic (exact) mass is 628 g/mol. The van der Waals surface area contributed by atoms with Crippen LogP contribution >= 0.6 is 75.3 Å². The van der Waals surface area contributed by atoms with Crippen molar-refractivity contribution in [3.05, 3.63) is 121 Å². The van der Waals surface area contributed by atoms with Gasteiger partial charge in [0.05, 0.1) is 0 Å². The number of anilines is 4. The first kappa shape index (κ1) is 26.6. The van der Waals surface area contributed by atoms with Crippen LogP contribution in [0.15, 0.2) is 121 Å². The molecule has 1 fully saturated rings. The third kappa shape index (κ3) is 5.40. The van der Waals surface area contributed by atoms with Gasteiger partial charge in [0.1, 0.15) is 0 Å². The summed E-state index contributed by atoms with van der Waals surface area (Å²) in [6.45, 7) is -3.04. The van der Waals surface area contributed by atoms with Gasteiger partial charge in [-0.05, 0) is 48.5 Å². The van der Waals surface area contributed by atoms with Crippen LogP contribution in [0.3, 0.4) is 0 Å². The maximum Gasteiger partial charge on any atom is 0.226 e. The smallest absolute Gasteiger partial charge is 0.226 e. The fourth-order valence-corrected chi connectivity index (χ4v) is 15.8. The lowest BCUT2D eigenvalue weighted by Crippen LogP contribution is -2.46. The van der Waals surface area contributed by atoms with Gasteiger partial charge in [-0.2, -0.15) is 0 Å². The van der Waals surface area contributed by atoms with Gasteiger partial charge in [0.25, 0.3) is 0 Å². The fraction of sp³-hybridized carbons (Fsp3) is 0. The van der Waals surface area contributed by atoms with Gasteiger partial charge in [0.2, 0.25) is 16.7 Å². The number of hydrogen-bond donors (Lipinski definition) is 0. The zero-order valence-corrected chi connectivity index (χ0v) is 25.2. The third-order valence-corrected chi connectivity index (χ3v) is 16.7. The third-order valence-electron chi connectivity index (χ3n) is 5.25. The molecular weight excluding hydrogens is 610 g/mol. The van der Waals surface area contributed by atoms with E-state index in [0.29, 0.717) is 0 Å². The van der Waals surface area contributed by atoms with E-state index in [1.54, 1.807) is 0 Å². The van der Waals surface area contributed by atoms with E-state index in [9.17, 15) is 0 Å². The predicted molar refractivity (Wildman–Crippen MR) is 167 cm³/mol. The molecule has 1 aliphatic heterocycles. The molecule has 184 valence electrons. The summed E-state index contributed by atoms with van der Waals surface area (Å²) in [5, 5.41) is 0. The molecule has 0 aliphatic carbocycles. The summed E-state index contributed by atoms with van der Waals surface area (Å²) in [6.07, 6.45) is 0. The second kappa shape index (κ2) is 12.2. The zero-order valence-electron chi connectivity index (χ0n) is 18.6. The van der Waals surface area contributed by atoms with Gasteiger partial charge in [-0.1, -0.05) is 118 Å². The van der Waals surface area contributed by atoms with Gasteiger partial charge in [-0.3, -0.25) is 17.8 Å². The highest BCUT2D eigenvalue weighted by Crippen LogP contribution is 2.87. The van der Waals surface area contributed by atoms with Crippen molar-refractivity contribution < 1.29 is 0 Å². The van der Waals surface area contributed by atoms with Gasteiger partial charge in [-0.15, -0.1) is 0 Å². The number of benzene rings is 4. The Labute approximate surface area is 235 Å². The molecule has 0 atom stereocenters. The molecule has 1 aliphatic rings. The number of hydrogen-bond acceptors (Lipinski definition) is 4. The molecule has 0 amide bonds. The van der Waals surface area contributed by atoms with E-state index in [2.05, 4.69) is 42.0 Å². The topological polar surface area (TPSA) is 13.0 Å². The first-order chi connectivity index (χ1) is 17.6. The number of halogens is 4. The molecule has 0 spiro atoms. The van der Waals surface area contributed by atoms with Crippen molar-refractivity contribution in [2.45, 2.75) is 0 Å². The SMILES string of the molecule is ClP(Cl)N(c1ccccc1)P1N(c2ccccc2)P(N(c2ccccc2)P(Cl)Cl)N1c1ccccc1. The highest BCUT2D eigenvalue weighted by Gasteiger charge is 2.57. The highest BCUT2D eigenvalue weighted by molar-refractivity contribution is 8.16. The van der Waals surface area contributed by atoms with Crippen LogP contribution in [0.5, 0.6) is 0 Å². The number of rotatable bonds is 8. The number of para-hydroxylation sites is 4. The van der Waals surface area contributed by atoms with Gasteiger partial charge in [-0.25, -0.2) is 0 Å². The summed E-state index contributed by atoms with van der Waals surface area (Å²) in [4.78, 5) is 0. The summed E-state index contributed by atoms with van der Waals surface area (Å²) in [5.41, 5.74) is 4.03. The van der Waals surface area contributed by atoms with Crippen molar-refractivity contribution in [2.75, 3.05) is 17.8 Å². The van der Waals surface area contributed by atoms with E-state index in [-0.39, 0.29) is 0 Å². The number of nitrogens with zero attached hydrogens (tertiary/aromatic N) is 4. The molecule has 0 unspecified atom stereocenters. The van der Waals surface area contributed by atoms with Crippen LogP contribution in [0.2, 0.25) is 0 Å². The molecule has 1 heterocycles. The van der Waals surface area contributed by atoms with E-state index in [4.69, 9.17) is 45.0 Å². The Morgan fingerprint density at radius 2 is 0.722 bits per heavy atom. The van der Waals surface area contributed by atoms with E-state index in [1.807, 2.05) is 97.1 Å². The molecular formula is C24H20Cl4N4P4. The van der Waals surface area contributed by atoms with Gasteiger partial charge in [0.15, 0.2) is 13.6 Å². The molecule has 0 N–H and O–H groups in total. The molecule has 4 nitrogen and oxygen atoms in total. The van der Waals surface area contributed by atoms with Gasteiger partial charge < -0.3 is 0 Å². The Balaban J connectivity index is 1.71. The Kier molecular flexibility index (Phi) is 9.01. The van der Waals surface area contributed by atoms with Crippen molar-refractivity contribution in [1.82, 2.24) is 0 Å². The second-order valence-electron chi connectivity index (χ2n) is 7.47. The fourth-order valence-electron chi connectivity index (χ4n) is 3.75. The molecule has 1 saturated heterocycles. The summed E-state index contributed by atoms with van der Waals surface area (Å²) in [5.74, 6) is 0. The molecule has 36 heavy (non-hydrogen) atoms. The first-order valence-electron chi connectivity index (χ1n) is 10.8. The van der Waals surface area contributed by atoms with Crippen LogP contribution in [0, 0.1) is 0 Å². The van der Waals surface area contributed by atoms with Crippen molar-refractivity contribution in [3.8, 4) is 0 Å². The first-order valence-corrected chi connectivity index (χ1v) is 19.4. The van der Waals surface area contributed by atoms with Crippen molar-refractivity contribution in [3.63, 3.8) is 0 Å². The van der Waals surface area contributed by atoms with Crippen molar-refractivity contribution >= 4 is 98.0 Å². The van der Waals surface area contributed by atoms with Gasteiger partial charge >= 0.3 is 0 Å². The lowest BCUT2D eigenvalue weighted by Gasteiger charge is -2.62. The van der Waals surface area contributed by atoms with Crippen LogP contribution in [0.25, 0.3) is 0 Å². The van der Waals surface area contributed by atoms with Crippen molar-refractivity contribution in [2.24, 2.45) is 0 Å². The van der Waals surface area contributed by atoms with E-state index in [1.165, 1.54) is 0 Å². The highest BCUT2D eigenvalue weighted by atomic mass is 35.9. The lowest BCUT2D eigenvalue weighted by molar-refractivity contribution is 1.34. The van der Waals surface area contributed by atoms with Crippen LogP contribution in [-0.2, 0) is 0 Å². The Bertz CT molecular complexity index is 1140. The summed E-state index contributed by atoms with van der Waals surface area (Å²) in [7, 11) is -2.40. The van der Waals surface area contributed by atoms with Crippen LogP contribution in [-0.4, -0.2) is 0 Å². The minimum absolute atomic E-state index is 0.960. The minimum Gasteiger partial charge on any atom is -0.269 e. The summed E-state index contributed by atoms with van der Waals surface area (Å²) in [6, 6.07) is 40.7. The largest absolute Gasteiger partial charge is 0.269 e. The lowest BCUT2D eigenvalue weighted by atomic mass is 10.3. The second-order valence-corrected chi connectivity index (χ2v) is 18.7. The van der Waals surface area contributed by atoms with Crippen LogP contribution in [0.1, 0.15) is 0 Å². The maximum atomic E-state index is 6.76. The van der Waals surface area contributed by atoms with Gasteiger partial charge in [0, 0.05) is 22.7 Å². The normalized spacial score (nSPS) is 17.3. The van der Waals surface area contributed by atoms with Crippen LogP contribution in [0.4, 0.5) is 22.7 Å². The minimum atomic E-state index is -1.52. The average molecular weight is 630 g/mol. The molecule has 4 aromatic carbocycles. The quantitative estimate of drug-likeness (QED) is 0.180. The Hall–Kier alpha value is -1.04. The van der Waals surface area contributed by atoms with Crippen molar-refractivity contribution in [1.29, 1.82) is 0 Å². The van der Waals surface area contributed by atoms with E-state index >= 15 is 0 Å². The summed E-state index contributed by atoms with van der Waals surface area (Å²) < 4.78 is 9.02. The van der Waals surface area contributed by atoms with E-state index < -0.39 is 30.3 Å². The maximum absolute atomic E-state index is 6.76. The predicted octanol–water partition coefficient (Wildman–Crippen LogP) is 11.9.